The number of amides is 1. The highest BCUT2D eigenvalue weighted by Gasteiger charge is 2.58. The number of ether oxygens (including phenoxy) is 1. The minimum Gasteiger partial charge on any atom is -0.402 e. The molecule has 1 N–H and O–H groups in total. The number of pyridine rings is 3. The molecule has 4 aromatic rings. The number of carbonyl (C=O) groups is 1. The molecule has 0 aliphatic carbocycles. The van der Waals surface area contributed by atoms with Crippen molar-refractivity contribution >= 4 is 91.2 Å². The van der Waals surface area contributed by atoms with Crippen LogP contribution in [0, 0.1) is 0 Å². The van der Waals surface area contributed by atoms with Gasteiger partial charge in [-0.2, -0.15) is 0 Å². The Balaban J connectivity index is 1.46. The maximum Gasteiger partial charge on any atom is 0.257 e. The summed E-state index contributed by atoms with van der Waals surface area (Å²) in [7, 11) is 19.0. The van der Waals surface area contributed by atoms with Crippen LogP contribution in [-0.4, -0.2) is 115 Å². The molecule has 0 unspecified atom stereocenters. The van der Waals surface area contributed by atoms with E-state index in [1.807, 2.05) is 29.8 Å². The molecule has 0 spiro atoms. The van der Waals surface area contributed by atoms with Gasteiger partial charge in [0.05, 0.1) is 29.4 Å². The number of hydrogen-bond acceptors (Lipinski definition) is 7. The van der Waals surface area contributed by atoms with Crippen LogP contribution in [0.2, 0.25) is 0 Å². The van der Waals surface area contributed by atoms with Gasteiger partial charge in [0.15, 0.2) is 0 Å². The number of nitrogens with zero attached hydrogens (tertiary/aromatic N) is 6. The maximum absolute atomic E-state index is 13.4. The van der Waals surface area contributed by atoms with Gasteiger partial charge in [0.2, 0.25) is 0 Å². The minimum absolute atomic E-state index is 0.268. The third-order valence-corrected chi connectivity index (χ3v) is 8.71. The number of carbonyl (C=O) groups excluding carboxylic acids is 1. The number of rotatable bonds is 4. The smallest absolute Gasteiger partial charge is 0.257 e. The average Bonchev–Trinajstić information content (AvgIpc) is 3.28. The fraction of sp³-hybridized carbons (Fsp3) is 0.227. The second-order valence-corrected chi connectivity index (χ2v) is 12.3. The first kappa shape index (κ1) is 27.2. The Morgan fingerprint density at radius 3 is 2.26 bits per heavy atom. The predicted octanol–water partition coefficient (Wildman–Crippen LogP) is -5.81. The molecule has 0 aromatic carbocycles. The molecule has 17 heteroatoms. The molecule has 188 valence electrons. The van der Waals surface area contributed by atoms with E-state index >= 15 is 0 Å². The van der Waals surface area contributed by atoms with E-state index in [1.165, 1.54) is 0 Å². The van der Waals surface area contributed by atoms with Crippen LogP contribution >= 0.6 is 0 Å². The van der Waals surface area contributed by atoms with Crippen molar-refractivity contribution in [2.24, 2.45) is 7.05 Å². The number of nitrogens with one attached hydrogen (secondary N) is 1. The molecule has 1 aliphatic rings. The molecule has 5 rings (SSSR count). The Morgan fingerprint density at radius 2 is 1.62 bits per heavy atom. The first-order valence-electron chi connectivity index (χ1n) is 13.2. The van der Waals surface area contributed by atoms with Crippen molar-refractivity contribution in [2.75, 3.05) is 10.2 Å². The average molecular weight is 510 g/mol. The molecule has 0 atom stereocenters. The number of aryl methyl sites for hydroxylation is 1. The van der Waals surface area contributed by atoms with Crippen LogP contribution in [0.3, 0.4) is 0 Å². The molecular formula is C22H29B8N7O2. The van der Waals surface area contributed by atoms with E-state index in [-0.39, 0.29) is 5.91 Å². The normalized spacial score (nSPS) is 18.9. The van der Waals surface area contributed by atoms with Crippen LogP contribution in [0.25, 0.3) is 22.3 Å². The monoisotopic (exact) mass is 511 g/mol. The van der Waals surface area contributed by atoms with Gasteiger partial charge in [-0.05, 0) is 34.9 Å². The second kappa shape index (κ2) is 9.11. The summed E-state index contributed by atoms with van der Waals surface area (Å²) < 4.78 is 8.52. The van der Waals surface area contributed by atoms with E-state index in [4.69, 9.17) is 14.7 Å². The van der Waals surface area contributed by atoms with Gasteiger partial charge in [0.1, 0.15) is 74.4 Å². The molecule has 1 aliphatic heterocycles. The van der Waals surface area contributed by atoms with Crippen molar-refractivity contribution in [2.45, 2.75) is 21.5 Å². The Hall–Kier alpha value is -3.33. The lowest BCUT2D eigenvalue weighted by molar-refractivity contribution is -0.0256. The Bertz CT molecular complexity index is 1570. The lowest BCUT2D eigenvalue weighted by atomic mass is 9.30. The molecule has 9 nitrogen and oxygen atoms in total. The van der Waals surface area contributed by atoms with Crippen LogP contribution in [0.5, 0.6) is 0 Å². The van der Waals surface area contributed by atoms with Crippen molar-refractivity contribution in [1.29, 1.82) is 0 Å². The van der Waals surface area contributed by atoms with Gasteiger partial charge in [0, 0.05) is 47.3 Å². The zero-order chi connectivity index (χ0) is 28.4. The van der Waals surface area contributed by atoms with Crippen molar-refractivity contribution < 1.29 is 9.53 Å². The largest absolute Gasteiger partial charge is 0.402 e. The van der Waals surface area contributed by atoms with Gasteiger partial charge in [-0.3, -0.25) is 4.79 Å². The SMILES string of the molecule is BC1(B)OC(B)(B)C(B)(B)N(c2cc(C(=O)Nc3cc4nc(-c5cncn5C)ccc4cn3)ccn2)C1(B)B. The third-order valence-electron chi connectivity index (χ3n) is 8.71. The van der Waals surface area contributed by atoms with Crippen LogP contribution in [-0.2, 0) is 11.8 Å². The molecule has 0 bridgehead atoms. The van der Waals surface area contributed by atoms with Gasteiger partial charge in [-0.15, -0.1) is 0 Å². The first-order chi connectivity index (χ1) is 18.1. The third kappa shape index (κ3) is 4.50. The summed E-state index contributed by atoms with van der Waals surface area (Å²) in [5, 5.41) is 2.06. The van der Waals surface area contributed by atoms with Gasteiger partial charge < -0.3 is 19.5 Å². The van der Waals surface area contributed by atoms with E-state index in [0.29, 0.717) is 11.4 Å². The van der Waals surface area contributed by atoms with Crippen molar-refractivity contribution in [3.8, 4) is 11.4 Å². The summed E-state index contributed by atoms with van der Waals surface area (Å²) in [6, 6.07) is 9.25. The Kier molecular flexibility index (Phi) is 6.37. The Labute approximate surface area is 236 Å². The maximum atomic E-state index is 13.4. The minimum atomic E-state index is -0.470. The summed E-state index contributed by atoms with van der Waals surface area (Å²) in [5.74, 6) is 0.876. The van der Waals surface area contributed by atoms with Crippen molar-refractivity contribution in [1.82, 2.24) is 24.5 Å². The van der Waals surface area contributed by atoms with Gasteiger partial charge in [0.25, 0.3) is 5.91 Å². The predicted molar refractivity (Wildman–Crippen MR) is 177 cm³/mol. The number of morpholine rings is 1. The molecular weight excluding hydrogens is 481 g/mol. The zero-order valence-corrected chi connectivity index (χ0v) is 24.2. The molecule has 39 heavy (non-hydrogen) atoms. The molecule has 1 fully saturated rings. The standard InChI is InChI=1S/C22H29B8N7O2/c1-36-10-31-9-15(36)13-3-2-12-8-33-16(7-14(12)34-13)35-18(38)11-4-5-32-17(6-11)37-19(23,24)21(27,28)39-22(29,30)20(37,25)26/h2-10H,23-30H2,1H3,(H,33,35,38). The molecule has 0 radical (unpaired) electrons. The fourth-order valence-corrected chi connectivity index (χ4v) is 5.40. The summed E-state index contributed by atoms with van der Waals surface area (Å²) in [6.07, 6.45) is 6.91. The second-order valence-electron chi connectivity index (χ2n) is 12.3. The fourth-order valence-electron chi connectivity index (χ4n) is 5.40. The molecule has 0 saturated carbocycles. The lowest BCUT2D eigenvalue weighted by Gasteiger charge is -2.69. The zero-order valence-electron chi connectivity index (χ0n) is 24.2. The van der Waals surface area contributed by atoms with Gasteiger partial charge >= 0.3 is 0 Å². The molecule has 4 aromatic heterocycles. The van der Waals surface area contributed by atoms with E-state index in [2.05, 4.69) is 83.0 Å². The van der Waals surface area contributed by atoms with E-state index < -0.39 is 21.5 Å². The summed E-state index contributed by atoms with van der Waals surface area (Å²) in [5.41, 5.74) is 2.93. The molecule has 1 amide bonds. The quantitative estimate of drug-likeness (QED) is 0.274. The van der Waals surface area contributed by atoms with Crippen molar-refractivity contribution in [3.63, 3.8) is 0 Å². The summed E-state index contributed by atoms with van der Waals surface area (Å²) in [4.78, 5) is 33.8. The lowest BCUT2D eigenvalue weighted by Crippen LogP contribution is -2.86. The number of imidazole rings is 1. The van der Waals surface area contributed by atoms with E-state index in [0.717, 1.165) is 28.1 Å². The van der Waals surface area contributed by atoms with Crippen LogP contribution < -0.4 is 10.2 Å². The van der Waals surface area contributed by atoms with E-state index in [1.54, 1.807) is 37.1 Å². The van der Waals surface area contributed by atoms with Crippen LogP contribution in [0.4, 0.5) is 11.6 Å². The summed E-state index contributed by atoms with van der Waals surface area (Å²) >= 11 is 0. The highest BCUT2D eigenvalue weighted by molar-refractivity contribution is 6.61. The van der Waals surface area contributed by atoms with Crippen LogP contribution in [0.1, 0.15) is 10.4 Å². The van der Waals surface area contributed by atoms with E-state index in [9.17, 15) is 4.79 Å². The Morgan fingerprint density at radius 1 is 0.923 bits per heavy atom. The highest BCUT2D eigenvalue weighted by atomic mass is 16.5. The topological polar surface area (TPSA) is 98.1 Å². The number of fused-ring (bicyclic) bond motifs is 1. The van der Waals surface area contributed by atoms with Crippen LogP contribution in [0.15, 0.2) is 55.2 Å². The summed E-state index contributed by atoms with van der Waals surface area (Å²) in [6.45, 7) is 0. The number of aromatic nitrogens is 5. The highest BCUT2D eigenvalue weighted by Crippen LogP contribution is 2.42. The molecule has 5 heterocycles. The van der Waals surface area contributed by atoms with Gasteiger partial charge in [-0.1, -0.05) is 0 Å². The first-order valence-corrected chi connectivity index (χ1v) is 13.2. The molecule has 1 saturated heterocycles. The number of anilines is 2. The number of hydrogen-bond donors (Lipinski definition) is 1. The van der Waals surface area contributed by atoms with Crippen molar-refractivity contribution in [3.05, 3.63) is 60.8 Å². The van der Waals surface area contributed by atoms with Gasteiger partial charge in [-0.25, -0.2) is 19.9 Å².